The van der Waals surface area contributed by atoms with Crippen molar-refractivity contribution in [2.45, 2.75) is 25.4 Å². The van der Waals surface area contributed by atoms with Crippen LogP contribution in [0.15, 0.2) is 12.1 Å². The van der Waals surface area contributed by atoms with Gasteiger partial charge in [0.05, 0.1) is 16.7 Å². The summed E-state index contributed by atoms with van der Waals surface area (Å²) < 4.78 is 38.4. The molecule has 1 aromatic carbocycles. The number of hydrogen-bond acceptors (Lipinski definition) is 1. The second-order valence-electron chi connectivity index (χ2n) is 4.45. The molecule has 92 valence electrons. The summed E-state index contributed by atoms with van der Waals surface area (Å²) in [5, 5.41) is 2.25. The minimum absolute atomic E-state index is 0.0272. The van der Waals surface area contributed by atoms with Gasteiger partial charge in [-0.1, -0.05) is 11.6 Å². The Morgan fingerprint density at radius 1 is 1.29 bits per heavy atom. The van der Waals surface area contributed by atoms with Crippen molar-refractivity contribution < 1.29 is 18.0 Å². The molecule has 1 aliphatic heterocycles. The standard InChI is InChI=1S/C11H9ClF3NO/c1-10(2)6-3-5(12)4-7(11(13,14)15)8(6)16-9(10)17/h3-4H,1-2H3,(H,16,17). The van der Waals surface area contributed by atoms with Crippen LogP contribution in [0.2, 0.25) is 5.02 Å². The minimum atomic E-state index is -4.54. The second-order valence-corrected chi connectivity index (χ2v) is 4.89. The summed E-state index contributed by atoms with van der Waals surface area (Å²) in [7, 11) is 0. The lowest BCUT2D eigenvalue weighted by Gasteiger charge is -2.16. The van der Waals surface area contributed by atoms with Crippen molar-refractivity contribution in [1.82, 2.24) is 0 Å². The Morgan fingerprint density at radius 3 is 2.41 bits per heavy atom. The Morgan fingerprint density at radius 2 is 1.88 bits per heavy atom. The second kappa shape index (κ2) is 3.38. The molecule has 1 N–H and O–H groups in total. The Hall–Kier alpha value is -1.23. The van der Waals surface area contributed by atoms with E-state index in [0.717, 1.165) is 6.07 Å². The third-order valence-corrected chi connectivity index (χ3v) is 3.11. The molecule has 1 aliphatic rings. The molecule has 1 heterocycles. The molecule has 0 aromatic heterocycles. The molecule has 1 amide bonds. The van der Waals surface area contributed by atoms with Crippen LogP contribution < -0.4 is 5.32 Å². The fourth-order valence-electron chi connectivity index (χ4n) is 1.85. The number of hydrogen-bond donors (Lipinski definition) is 1. The van der Waals surface area contributed by atoms with Gasteiger partial charge in [0.1, 0.15) is 0 Å². The van der Waals surface area contributed by atoms with Crippen LogP contribution in [0.25, 0.3) is 0 Å². The smallest absolute Gasteiger partial charge is 0.324 e. The van der Waals surface area contributed by atoms with Crippen LogP contribution in [-0.2, 0) is 16.4 Å². The number of alkyl halides is 3. The zero-order chi connectivity index (χ0) is 13.0. The normalized spacial score (nSPS) is 17.9. The Kier molecular flexibility index (Phi) is 2.43. The average Bonchev–Trinajstić information content (AvgIpc) is 2.38. The predicted molar refractivity (Wildman–Crippen MR) is 58.1 cm³/mol. The summed E-state index contributed by atoms with van der Waals surface area (Å²) in [6, 6.07) is 2.21. The van der Waals surface area contributed by atoms with Crippen molar-refractivity contribution in [3.63, 3.8) is 0 Å². The van der Waals surface area contributed by atoms with Gasteiger partial charge in [0.25, 0.3) is 0 Å². The number of halogens is 4. The SMILES string of the molecule is CC1(C)C(=O)Nc2c(C(F)(F)F)cc(Cl)cc21. The highest BCUT2D eigenvalue weighted by atomic mass is 35.5. The number of fused-ring (bicyclic) bond motifs is 1. The zero-order valence-corrected chi connectivity index (χ0v) is 9.83. The molecule has 0 bridgehead atoms. The molecule has 1 aromatic rings. The number of amides is 1. The van der Waals surface area contributed by atoms with Gasteiger partial charge < -0.3 is 5.32 Å². The summed E-state index contributed by atoms with van der Waals surface area (Å²) in [4.78, 5) is 11.6. The van der Waals surface area contributed by atoms with E-state index in [1.54, 1.807) is 13.8 Å². The lowest BCUT2D eigenvalue weighted by atomic mass is 9.85. The summed E-state index contributed by atoms with van der Waals surface area (Å²) in [6.45, 7) is 3.12. The van der Waals surface area contributed by atoms with Gasteiger partial charge in [-0.15, -0.1) is 0 Å². The van der Waals surface area contributed by atoms with Gasteiger partial charge in [-0.3, -0.25) is 4.79 Å². The van der Waals surface area contributed by atoms with E-state index in [-0.39, 0.29) is 16.3 Å². The van der Waals surface area contributed by atoms with Crippen LogP contribution in [0.1, 0.15) is 25.0 Å². The number of carbonyl (C=O) groups excluding carboxylic acids is 1. The highest BCUT2D eigenvalue weighted by Crippen LogP contribution is 2.46. The van der Waals surface area contributed by atoms with E-state index < -0.39 is 23.1 Å². The van der Waals surface area contributed by atoms with Crippen molar-refractivity contribution in [2.24, 2.45) is 0 Å². The van der Waals surface area contributed by atoms with Crippen molar-refractivity contribution in [3.05, 3.63) is 28.3 Å². The quantitative estimate of drug-likeness (QED) is 0.761. The number of rotatable bonds is 0. The van der Waals surface area contributed by atoms with Crippen LogP contribution in [0, 0.1) is 0 Å². The maximum absolute atomic E-state index is 12.8. The molecular formula is C11H9ClF3NO. The number of carbonyl (C=O) groups is 1. The highest BCUT2D eigenvalue weighted by Gasteiger charge is 2.44. The molecule has 0 saturated carbocycles. The summed E-state index contributed by atoms with van der Waals surface area (Å²) in [5.74, 6) is -0.458. The van der Waals surface area contributed by atoms with Crippen LogP contribution in [0.4, 0.5) is 18.9 Å². The number of nitrogens with one attached hydrogen (secondary N) is 1. The van der Waals surface area contributed by atoms with Crippen LogP contribution in [0.3, 0.4) is 0 Å². The Balaban J connectivity index is 2.74. The summed E-state index contributed by atoms with van der Waals surface area (Å²) in [6.07, 6.45) is -4.54. The van der Waals surface area contributed by atoms with Crippen LogP contribution in [0.5, 0.6) is 0 Å². The molecule has 0 fully saturated rings. The zero-order valence-electron chi connectivity index (χ0n) is 9.07. The van der Waals surface area contributed by atoms with Crippen molar-refractivity contribution in [1.29, 1.82) is 0 Å². The third-order valence-electron chi connectivity index (χ3n) is 2.89. The van der Waals surface area contributed by atoms with E-state index in [1.165, 1.54) is 6.07 Å². The topological polar surface area (TPSA) is 29.1 Å². The maximum Gasteiger partial charge on any atom is 0.418 e. The van der Waals surface area contributed by atoms with Gasteiger partial charge >= 0.3 is 6.18 Å². The number of anilines is 1. The lowest BCUT2D eigenvalue weighted by Crippen LogP contribution is -2.26. The maximum atomic E-state index is 12.8. The van der Waals surface area contributed by atoms with Gasteiger partial charge in [-0.25, -0.2) is 0 Å². The molecule has 0 radical (unpaired) electrons. The molecule has 2 nitrogen and oxygen atoms in total. The van der Waals surface area contributed by atoms with E-state index in [9.17, 15) is 18.0 Å². The largest absolute Gasteiger partial charge is 0.418 e. The molecule has 0 unspecified atom stereocenters. The molecule has 0 saturated heterocycles. The van der Waals surface area contributed by atoms with Crippen molar-refractivity contribution >= 4 is 23.2 Å². The van der Waals surface area contributed by atoms with E-state index in [2.05, 4.69) is 5.32 Å². The predicted octanol–water partition coefficient (Wildman–Crippen LogP) is 3.59. The van der Waals surface area contributed by atoms with E-state index in [1.807, 2.05) is 0 Å². The van der Waals surface area contributed by atoms with Crippen LogP contribution in [-0.4, -0.2) is 5.91 Å². The fraction of sp³-hybridized carbons (Fsp3) is 0.364. The van der Waals surface area contributed by atoms with Crippen molar-refractivity contribution in [2.75, 3.05) is 5.32 Å². The van der Waals surface area contributed by atoms with Gasteiger partial charge in [-0.05, 0) is 31.5 Å². The molecule has 17 heavy (non-hydrogen) atoms. The first-order chi connectivity index (χ1) is 7.64. The first kappa shape index (κ1) is 12.2. The van der Waals surface area contributed by atoms with Crippen LogP contribution >= 0.6 is 11.6 Å². The molecule has 2 rings (SSSR count). The molecule has 6 heteroatoms. The van der Waals surface area contributed by atoms with E-state index in [0.29, 0.717) is 0 Å². The van der Waals surface area contributed by atoms with E-state index in [4.69, 9.17) is 11.6 Å². The number of benzene rings is 1. The van der Waals surface area contributed by atoms with Gasteiger partial charge in [0, 0.05) is 5.02 Å². The summed E-state index contributed by atoms with van der Waals surface area (Å²) in [5.41, 5.74) is -1.81. The van der Waals surface area contributed by atoms with E-state index >= 15 is 0 Å². The molecule has 0 atom stereocenters. The van der Waals surface area contributed by atoms with Gasteiger partial charge in [-0.2, -0.15) is 13.2 Å². The molecule has 0 spiro atoms. The average molecular weight is 264 g/mol. The van der Waals surface area contributed by atoms with Gasteiger partial charge in [0.2, 0.25) is 5.91 Å². The first-order valence-electron chi connectivity index (χ1n) is 4.86. The summed E-state index contributed by atoms with van der Waals surface area (Å²) >= 11 is 5.67. The Labute approximate surface area is 101 Å². The molecule has 0 aliphatic carbocycles. The lowest BCUT2D eigenvalue weighted by molar-refractivity contribution is -0.136. The Bertz CT molecular complexity index is 508. The van der Waals surface area contributed by atoms with Crippen molar-refractivity contribution in [3.8, 4) is 0 Å². The molecular weight excluding hydrogens is 255 g/mol. The minimum Gasteiger partial charge on any atom is -0.324 e. The first-order valence-corrected chi connectivity index (χ1v) is 5.24. The fourth-order valence-corrected chi connectivity index (χ4v) is 2.07. The third kappa shape index (κ3) is 1.78. The van der Waals surface area contributed by atoms with Gasteiger partial charge in [0.15, 0.2) is 0 Å². The highest BCUT2D eigenvalue weighted by molar-refractivity contribution is 6.31. The monoisotopic (exact) mass is 263 g/mol.